The minimum Gasteiger partial charge on any atom is -0.495 e. The Kier molecular flexibility index (Phi) is 4.26. The van der Waals surface area contributed by atoms with Crippen LogP contribution in [0.2, 0.25) is 5.02 Å². The van der Waals surface area contributed by atoms with Crippen molar-refractivity contribution in [2.75, 3.05) is 33.8 Å². The van der Waals surface area contributed by atoms with E-state index in [4.69, 9.17) is 16.3 Å². The number of nitrogens with one attached hydrogen (secondary N) is 1. The second kappa shape index (κ2) is 5.71. The zero-order valence-corrected chi connectivity index (χ0v) is 11.1. The van der Waals surface area contributed by atoms with Crippen LogP contribution in [-0.4, -0.2) is 38.7 Å². The van der Waals surface area contributed by atoms with Crippen molar-refractivity contribution in [3.63, 3.8) is 0 Å². The van der Waals surface area contributed by atoms with E-state index in [0.717, 1.165) is 31.8 Å². The van der Waals surface area contributed by atoms with Crippen LogP contribution in [-0.2, 0) is 0 Å². The van der Waals surface area contributed by atoms with Crippen LogP contribution in [0.4, 0.5) is 0 Å². The van der Waals surface area contributed by atoms with Gasteiger partial charge in [-0.15, -0.1) is 0 Å². The molecule has 1 aliphatic heterocycles. The van der Waals surface area contributed by atoms with Gasteiger partial charge >= 0.3 is 0 Å². The van der Waals surface area contributed by atoms with Gasteiger partial charge in [0.05, 0.1) is 12.1 Å². The number of benzene rings is 1. The molecule has 1 unspecified atom stereocenters. The molecule has 3 nitrogen and oxygen atoms in total. The molecule has 0 spiro atoms. The number of methoxy groups -OCH3 is 1. The molecule has 0 aliphatic carbocycles. The smallest absolute Gasteiger partial charge is 0.137 e. The topological polar surface area (TPSA) is 24.5 Å². The Hall–Kier alpha value is -0.770. The second-order valence-electron chi connectivity index (χ2n) is 4.49. The molecular weight excluding hydrogens is 236 g/mol. The highest BCUT2D eigenvalue weighted by atomic mass is 35.5. The molecule has 1 fully saturated rings. The average Bonchev–Trinajstić information content (AvgIpc) is 2.54. The summed E-state index contributed by atoms with van der Waals surface area (Å²) in [6.07, 6.45) is 1.11. The molecule has 1 aliphatic rings. The van der Waals surface area contributed by atoms with Gasteiger partial charge in [-0.2, -0.15) is 0 Å². The molecule has 0 amide bonds. The van der Waals surface area contributed by atoms with E-state index in [-0.39, 0.29) is 0 Å². The molecule has 1 atom stereocenters. The lowest BCUT2D eigenvalue weighted by Crippen LogP contribution is -2.25. The summed E-state index contributed by atoms with van der Waals surface area (Å²) in [5.74, 6) is 0.737. The lowest BCUT2D eigenvalue weighted by molar-refractivity contribution is 0.355. The Bertz CT molecular complexity index is 384. The van der Waals surface area contributed by atoms with Crippen LogP contribution < -0.4 is 10.1 Å². The summed E-state index contributed by atoms with van der Waals surface area (Å²) in [7, 11) is 3.80. The molecule has 1 N–H and O–H groups in total. The molecule has 1 saturated heterocycles. The fraction of sp³-hybridized carbons (Fsp3) is 0.538. The van der Waals surface area contributed by atoms with Gasteiger partial charge in [-0.1, -0.05) is 17.7 Å². The Labute approximate surface area is 108 Å². The van der Waals surface area contributed by atoms with Crippen molar-refractivity contribution in [2.45, 2.75) is 12.5 Å². The summed E-state index contributed by atoms with van der Waals surface area (Å²) in [4.78, 5) is 2.35. The van der Waals surface area contributed by atoms with E-state index in [9.17, 15) is 0 Å². The minimum atomic E-state index is 0.392. The van der Waals surface area contributed by atoms with Crippen LogP contribution in [0, 0.1) is 0 Å². The van der Waals surface area contributed by atoms with Crippen molar-refractivity contribution in [2.24, 2.45) is 0 Å². The third-order valence-electron chi connectivity index (χ3n) is 3.26. The highest BCUT2D eigenvalue weighted by Gasteiger charge is 2.16. The molecule has 1 aromatic carbocycles. The van der Waals surface area contributed by atoms with Crippen LogP contribution >= 0.6 is 11.6 Å². The van der Waals surface area contributed by atoms with Crippen molar-refractivity contribution in [1.82, 2.24) is 10.2 Å². The third kappa shape index (κ3) is 3.12. The molecule has 94 valence electrons. The van der Waals surface area contributed by atoms with Gasteiger partial charge in [-0.3, -0.25) is 0 Å². The van der Waals surface area contributed by atoms with Crippen molar-refractivity contribution >= 4 is 11.6 Å². The van der Waals surface area contributed by atoms with Gasteiger partial charge < -0.3 is 15.0 Å². The maximum atomic E-state index is 6.16. The maximum absolute atomic E-state index is 6.16. The molecule has 4 heteroatoms. The van der Waals surface area contributed by atoms with Crippen LogP contribution in [0.3, 0.4) is 0 Å². The van der Waals surface area contributed by atoms with E-state index in [0.29, 0.717) is 11.1 Å². The number of hydrogen-bond acceptors (Lipinski definition) is 3. The summed E-state index contributed by atoms with van der Waals surface area (Å²) in [5, 5.41) is 4.24. The van der Waals surface area contributed by atoms with Crippen LogP contribution in [0.5, 0.6) is 5.75 Å². The first-order chi connectivity index (χ1) is 8.20. The highest BCUT2D eigenvalue weighted by molar-refractivity contribution is 6.32. The first-order valence-electron chi connectivity index (χ1n) is 5.96. The largest absolute Gasteiger partial charge is 0.495 e. The molecule has 0 saturated carbocycles. The SMILES string of the molecule is COc1ccc(C2CCN(C)CCN2)cc1Cl. The number of likely N-dealkylation sites (N-methyl/N-ethyl adjacent to an activating group) is 1. The van der Waals surface area contributed by atoms with Gasteiger partial charge in [0.2, 0.25) is 0 Å². The lowest BCUT2D eigenvalue weighted by atomic mass is 10.0. The summed E-state index contributed by atoms with van der Waals surface area (Å²) in [6.45, 7) is 3.23. The summed E-state index contributed by atoms with van der Waals surface area (Å²) in [6, 6.07) is 6.42. The predicted octanol–water partition coefficient (Wildman–Crippen LogP) is 2.31. The second-order valence-corrected chi connectivity index (χ2v) is 4.90. The van der Waals surface area contributed by atoms with E-state index in [1.807, 2.05) is 12.1 Å². The van der Waals surface area contributed by atoms with Gasteiger partial charge in [0, 0.05) is 19.1 Å². The molecule has 1 aromatic rings. The van der Waals surface area contributed by atoms with E-state index in [1.54, 1.807) is 7.11 Å². The van der Waals surface area contributed by atoms with E-state index < -0.39 is 0 Å². The van der Waals surface area contributed by atoms with E-state index in [2.05, 4.69) is 23.3 Å². The fourth-order valence-corrected chi connectivity index (χ4v) is 2.44. The third-order valence-corrected chi connectivity index (χ3v) is 3.56. The number of halogens is 1. The molecule has 1 heterocycles. The molecule has 2 rings (SSSR count). The van der Waals surface area contributed by atoms with Crippen molar-refractivity contribution < 1.29 is 4.74 Å². The summed E-state index contributed by atoms with van der Waals surface area (Å²) in [5.41, 5.74) is 1.24. The summed E-state index contributed by atoms with van der Waals surface area (Å²) >= 11 is 6.16. The van der Waals surface area contributed by atoms with Crippen LogP contribution in [0.15, 0.2) is 18.2 Å². The Morgan fingerprint density at radius 2 is 2.24 bits per heavy atom. The molecule has 0 aromatic heterocycles. The number of ether oxygens (including phenoxy) is 1. The Morgan fingerprint density at radius 1 is 1.41 bits per heavy atom. The first-order valence-corrected chi connectivity index (χ1v) is 6.34. The Balaban J connectivity index is 2.13. The van der Waals surface area contributed by atoms with Crippen molar-refractivity contribution in [1.29, 1.82) is 0 Å². The van der Waals surface area contributed by atoms with Gasteiger partial charge in [-0.25, -0.2) is 0 Å². The average molecular weight is 255 g/mol. The number of nitrogens with zero attached hydrogens (tertiary/aromatic N) is 1. The van der Waals surface area contributed by atoms with E-state index in [1.165, 1.54) is 5.56 Å². The first kappa shape index (κ1) is 12.7. The molecule has 0 bridgehead atoms. The van der Waals surface area contributed by atoms with Crippen molar-refractivity contribution in [3.8, 4) is 5.75 Å². The zero-order chi connectivity index (χ0) is 12.3. The lowest BCUT2D eigenvalue weighted by Gasteiger charge is -2.17. The van der Waals surface area contributed by atoms with Gasteiger partial charge in [0.15, 0.2) is 0 Å². The zero-order valence-electron chi connectivity index (χ0n) is 10.4. The molecular formula is C13H19ClN2O. The summed E-state index contributed by atoms with van der Waals surface area (Å²) < 4.78 is 5.17. The minimum absolute atomic E-state index is 0.392. The highest BCUT2D eigenvalue weighted by Crippen LogP contribution is 2.29. The normalized spacial score (nSPS) is 22.2. The van der Waals surface area contributed by atoms with Crippen molar-refractivity contribution in [3.05, 3.63) is 28.8 Å². The maximum Gasteiger partial charge on any atom is 0.137 e. The van der Waals surface area contributed by atoms with Gasteiger partial charge in [0.1, 0.15) is 5.75 Å². The standard InChI is InChI=1S/C13H19ClN2O/c1-16-7-5-12(15-6-8-16)10-3-4-13(17-2)11(14)9-10/h3-4,9,12,15H,5-8H2,1-2H3. The van der Waals surface area contributed by atoms with Gasteiger partial charge in [-0.05, 0) is 37.7 Å². The van der Waals surface area contributed by atoms with Crippen LogP contribution in [0.25, 0.3) is 0 Å². The monoisotopic (exact) mass is 254 g/mol. The van der Waals surface area contributed by atoms with Crippen LogP contribution in [0.1, 0.15) is 18.0 Å². The fourth-order valence-electron chi connectivity index (χ4n) is 2.18. The number of hydrogen-bond donors (Lipinski definition) is 1. The van der Waals surface area contributed by atoms with Gasteiger partial charge in [0.25, 0.3) is 0 Å². The predicted molar refractivity (Wildman–Crippen MR) is 70.9 cm³/mol. The molecule has 0 radical (unpaired) electrons. The Morgan fingerprint density at radius 3 is 2.94 bits per heavy atom. The molecule has 17 heavy (non-hydrogen) atoms. The number of rotatable bonds is 2. The van der Waals surface area contributed by atoms with E-state index >= 15 is 0 Å². The quantitative estimate of drug-likeness (QED) is 0.877.